The first-order valence-electron chi connectivity index (χ1n) is 15.2. The molecule has 0 aliphatic carbocycles. The number of nitrogens with zero attached hydrogens (tertiary/aromatic N) is 1. The van der Waals surface area contributed by atoms with Crippen molar-refractivity contribution in [2.45, 2.75) is 70.7 Å². The van der Waals surface area contributed by atoms with Crippen LogP contribution < -0.4 is 10.4 Å². The van der Waals surface area contributed by atoms with E-state index in [1.54, 1.807) is 13.8 Å². The highest BCUT2D eigenvalue weighted by Crippen LogP contribution is 2.37. The third kappa shape index (κ3) is 6.85. The number of rotatable bonds is 12. The van der Waals surface area contributed by atoms with Gasteiger partial charge in [-0.2, -0.15) is 0 Å². The Morgan fingerprint density at radius 1 is 1.00 bits per heavy atom. The summed E-state index contributed by atoms with van der Waals surface area (Å²) in [6, 6.07) is 29.9. The van der Waals surface area contributed by atoms with Gasteiger partial charge in [-0.15, -0.1) is 6.58 Å². The quantitative estimate of drug-likeness (QED) is 0.197. The van der Waals surface area contributed by atoms with E-state index in [9.17, 15) is 14.7 Å². The fourth-order valence-electron chi connectivity index (χ4n) is 6.20. The van der Waals surface area contributed by atoms with E-state index in [0.29, 0.717) is 19.4 Å². The number of hydrogen-bond acceptors (Lipinski definition) is 5. The Hall–Kier alpha value is -3.52. The van der Waals surface area contributed by atoms with E-state index in [0.717, 1.165) is 10.5 Å². The van der Waals surface area contributed by atoms with Gasteiger partial charge in [0.25, 0.3) is 8.32 Å². The summed E-state index contributed by atoms with van der Waals surface area (Å²) in [5.74, 6) is -1.30. The van der Waals surface area contributed by atoms with Crippen LogP contribution in [0.15, 0.2) is 104 Å². The first-order chi connectivity index (χ1) is 20.5. The number of aliphatic hydroxyl groups excluding tert-OH is 1. The standard InChI is InChI=1S/C36H45NO5Si/c1-7-28(23-24-41-43(36(4,5)6,30-19-13-9-14-20-30)31-21-15-10-16-22-31)25-32(38)26(2)34(39)37-27(3)33(42-35(37)40)29-17-11-8-12-18-29/h7-22,26-28,32-33,38H,1,23-25H2,2-6H3/t26-,27-,28-,32+,33-/m0/s1. The minimum atomic E-state index is -2.69. The summed E-state index contributed by atoms with van der Waals surface area (Å²) in [7, 11) is -2.69. The van der Waals surface area contributed by atoms with Crippen LogP contribution in [0.2, 0.25) is 5.04 Å². The zero-order chi connectivity index (χ0) is 31.2. The maximum absolute atomic E-state index is 13.4. The molecule has 228 valence electrons. The molecule has 0 spiro atoms. The Morgan fingerprint density at radius 3 is 2.00 bits per heavy atom. The molecule has 1 fully saturated rings. The van der Waals surface area contributed by atoms with Gasteiger partial charge in [-0.3, -0.25) is 4.79 Å². The van der Waals surface area contributed by atoms with Crippen molar-refractivity contribution in [3.05, 3.63) is 109 Å². The number of carbonyl (C=O) groups is 2. The monoisotopic (exact) mass is 599 g/mol. The van der Waals surface area contributed by atoms with Gasteiger partial charge in [0.2, 0.25) is 5.91 Å². The van der Waals surface area contributed by atoms with Crippen LogP contribution in [0.25, 0.3) is 0 Å². The fraction of sp³-hybridized carbons (Fsp3) is 0.389. The van der Waals surface area contributed by atoms with Crippen LogP contribution in [0.1, 0.15) is 59.1 Å². The Balaban J connectivity index is 1.44. The minimum Gasteiger partial charge on any atom is -0.439 e. The van der Waals surface area contributed by atoms with Gasteiger partial charge in [-0.1, -0.05) is 125 Å². The second-order valence-corrected chi connectivity index (χ2v) is 16.9. The molecular weight excluding hydrogens is 554 g/mol. The molecule has 0 aromatic heterocycles. The van der Waals surface area contributed by atoms with E-state index in [1.165, 1.54) is 10.4 Å². The van der Waals surface area contributed by atoms with Crippen LogP contribution in [0, 0.1) is 11.8 Å². The maximum Gasteiger partial charge on any atom is 0.417 e. The maximum atomic E-state index is 13.4. The summed E-state index contributed by atoms with van der Waals surface area (Å²) >= 11 is 0. The molecule has 0 unspecified atom stereocenters. The van der Waals surface area contributed by atoms with Crippen molar-refractivity contribution in [2.75, 3.05) is 6.61 Å². The number of benzene rings is 3. The van der Waals surface area contributed by atoms with Gasteiger partial charge in [0.05, 0.1) is 18.1 Å². The first-order valence-corrected chi connectivity index (χ1v) is 17.1. The molecule has 0 radical (unpaired) electrons. The van der Waals surface area contributed by atoms with Gasteiger partial charge in [0.15, 0.2) is 0 Å². The number of imide groups is 1. The lowest BCUT2D eigenvalue weighted by molar-refractivity contribution is -0.136. The number of amides is 2. The normalized spacial score (nSPS) is 19.4. The molecule has 0 saturated carbocycles. The van der Waals surface area contributed by atoms with Crippen molar-refractivity contribution in [3.63, 3.8) is 0 Å². The lowest BCUT2D eigenvalue weighted by Crippen LogP contribution is -2.66. The highest BCUT2D eigenvalue weighted by molar-refractivity contribution is 6.99. The zero-order valence-corrected chi connectivity index (χ0v) is 27.0. The second kappa shape index (κ2) is 13.8. The highest BCUT2D eigenvalue weighted by Gasteiger charge is 2.50. The number of aliphatic hydroxyl groups is 1. The van der Waals surface area contributed by atoms with Crippen LogP contribution in [0.4, 0.5) is 4.79 Å². The Labute approximate surface area is 257 Å². The molecule has 3 aromatic carbocycles. The number of allylic oxidation sites excluding steroid dienone is 1. The number of hydrogen-bond donors (Lipinski definition) is 1. The smallest absolute Gasteiger partial charge is 0.417 e. The summed E-state index contributed by atoms with van der Waals surface area (Å²) in [6.07, 6.45) is 0.627. The number of ether oxygens (including phenoxy) is 1. The van der Waals surface area contributed by atoms with Crippen molar-refractivity contribution in [3.8, 4) is 0 Å². The lowest BCUT2D eigenvalue weighted by Gasteiger charge is -2.43. The third-order valence-electron chi connectivity index (χ3n) is 8.70. The van der Waals surface area contributed by atoms with E-state index in [4.69, 9.17) is 9.16 Å². The fourth-order valence-corrected chi connectivity index (χ4v) is 10.8. The Morgan fingerprint density at radius 2 is 1.51 bits per heavy atom. The van der Waals surface area contributed by atoms with E-state index in [2.05, 4.69) is 75.9 Å². The molecule has 6 nitrogen and oxygen atoms in total. The van der Waals surface area contributed by atoms with Crippen molar-refractivity contribution in [1.82, 2.24) is 4.90 Å². The Bertz CT molecular complexity index is 1320. The number of cyclic esters (lactones) is 1. The summed E-state index contributed by atoms with van der Waals surface area (Å²) in [4.78, 5) is 27.3. The SMILES string of the molecule is C=C[C@@H](CCO[Si](c1ccccc1)(c1ccccc1)C(C)(C)C)C[C@@H](O)[C@H](C)C(=O)N1C(=O)O[C@H](c2ccccc2)[C@@H]1C. The number of carbonyl (C=O) groups excluding carboxylic acids is 2. The lowest BCUT2D eigenvalue weighted by atomic mass is 9.91. The largest absolute Gasteiger partial charge is 0.439 e. The molecule has 1 heterocycles. The van der Waals surface area contributed by atoms with E-state index < -0.39 is 44.5 Å². The highest BCUT2D eigenvalue weighted by atomic mass is 28.4. The average Bonchev–Trinajstić information content (AvgIpc) is 3.31. The predicted octanol–water partition coefficient (Wildman–Crippen LogP) is 6.25. The van der Waals surface area contributed by atoms with E-state index in [-0.39, 0.29) is 11.0 Å². The molecule has 43 heavy (non-hydrogen) atoms. The van der Waals surface area contributed by atoms with Gasteiger partial charge < -0.3 is 14.3 Å². The first kappa shape index (κ1) is 32.4. The molecule has 7 heteroatoms. The molecule has 1 aliphatic rings. The summed E-state index contributed by atoms with van der Waals surface area (Å²) < 4.78 is 12.6. The summed E-state index contributed by atoms with van der Waals surface area (Å²) in [5.41, 5.74) is 0.833. The molecule has 1 N–H and O–H groups in total. The summed E-state index contributed by atoms with van der Waals surface area (Å²) in [6.45, 7) is 14.7. The zero-order valence-electron chi connectivity index (χ0n) is 26.0. The third-order valence-corrected chi connectivity index (χ3v) is 13.7. The predicted molar refractivity (Wildman–Crippen MR) is 174 cm³/mol. The summed E-state index contributed by atoms with van der Waals surface area (Å²) in [5, 5.41) is 13.5. The van der Waals surface area contributed by atoms with Crippen LogP contribution in [0.5, 0.6) is 0 Å². The van der Waals surface area contributed by atoms with Gasteiger partial charge in [0.1, 0.15) is 6.10 Å². The van der Waals surface area contributed by atoms with Crippen molar-refractivity contribution in [1.29, 1.82) is 0 Å². The van der Waals surface area contributed by atoms with Crippen molar-refractivity contribution in [2.24, 2.45) is 11.8 Å². The minimum absolute atomic E-state index is 0.0801. The van der Waals surface area contributed by atoms with Crippen LogP contribution in [-0.4, -0.2) is 49.1 Å². The molecule has 2 amide bonds. The van der Waals surface area contributed by atoms with E-state index >= 15 is 0 Å². The van der Waals surface area contributed by atoms with Crippen LogP contribution in [-0.2, 0) is 14.0 Å². The van der Waals surface area contributed by atoms with E-state index in [1.807, 2.05) is 48.5 Å². The second-order valence-electron chi connectivity index (χ2n) is 12.6. The molecule has 3 aromatic rings. The molecule has 1 saturated heterocycles. The topological polar surface area (TPSA) is 76.1 Å². The molecule has 4 rings (SSSR count). The van der Waals surface area contributed by atoms with Gasteiger partial charge in [0, 0.05) is 6.61 Å². The van der Waals surface area contributed by atoms with Crippen LogP contribution >= 0.6 is 0 Å². The van der Waals surface area contributed by atoms with Gasteiger partial charge in [-0.25, -0.2) is 9.69 Å². The molecule has 5 atom stereocenters. The van der Waals surface area contributed by atoms with Crippen molar-refractivity contribution < 1.29 is 23.9 Å². The molecular formula is C36H45NO5Si. The van der Waals surface area contributed by atoms with Gasteiger partial charge in [-0.05, 0) is 46.7 Å². The van der Waals surface area contributed by atoms with Crippen molar-refractivity contribution >= 4 is 30.7 Å². The van der Waals surface area contributed by atoms with Gasteiger partial charge >= 0.3 is 6.09 Å². The molecule has 0 bridgehead atoms. The average molecular weight is 600 g/mol. The molecule has 1 aliphatic heterocycles. The van der Waals surface area contributed by atoms with Crippen LogP contribution in [0.3, 0.4) is 0 Å². The Kier molecular flexibility index (Phi) is 10.4.